The summed E-state index contributed by atoms with van der Waals surface area (Å²) in [5, 5.41) is 3.39. The monoisotopic (exact) mass is 484 g/mol. The summed E-state index contributed by atoms with van der Waals surface area (Å²) in [5.74, 6) is 4.78. The van der Waals surface area contributed by atoms with Gasteiger partial charge in [-0.2, -0.15) is 0 Å². The molecule has 3 heteroatoms. The summed E-state index contributed by atoms with van der Waals surface area (Å²) in [6.07, 6.45) is 22.8. The lowest BCUT2D eigenvalue weighted by Crippen LogP contribution is -2.51. The molecule has 0 aliphatic heterocycles. The average molecular weight is 485 g/mol. The summed E-state index contributed by atoms with van der Waals surface area (Å²) in [5.41, 5.74) is 8.24. The lowest BCUT2D eigenvalue weighted by atomic mass is 9.47. The van der Waals surface area contributed by atoms with E-state index in [0.717, 1.165) is 68.2 Å². The van der Waals surface area contributed by atoms with Gasteiger partial charge < -0.3 is 11.1 Å². The normalized spacial score (nSPS) is 38.5. The number of hydrogen-bond donors (Lipinski definition) is 2. The van der Waals surface area contributed by atoms with Crippen LogP contribution in [-0.4, -0.2) is 18.5 Å². The molecule has 0 aromatic carbocycles. The van der Waals surface area contributed by atoms with Gasteiger partial charge in [-0.1, -0.05) is 65.0 Å². The number of carbonyl (C=O) groups excluding carboxylic acids is 1. The summed E-state index contributed by atoms with van der Waals surface area (Å²) >= 11 is 0. The van der Waals surface area contributed by atoms with Gasteiger partial charge in [-0.05, 0) is 118 Å². The number of carbonyl (C=O) groups is 1. The van der Waals surface area contributed by atoms with Crippen LogP contribution in [0, 0.1) is 40.4 Å². The first-order valence-corrected chi connectivity index (χ1v) is 15.5. The van der Waals surface area contributed by atoms with E-state index in [-0.39, 0.29) is 5.91 Å². The molecule has 0 radical (unpaired) electrons. The van der Waals surface area contributed by atoms with Crippen molar-refractivity contribution in [3.8, 4) is 0 Å². The van der Waals surface area contributed by atoms with Crippen LogP contribution in [-0.2, 0) is 4.79 Å². The molecule has 200 valence electrons. The van der Waals surface area contributed by atoms with Crippen molar-refractivity contribution in [1.82, 2.24) is 5.32 Å². The highest BCUT2D eigenvalue weighted by atomic mass is 16.1. The topological polar surface area (TPSA) is 55.1 Å². The van der Waals surface area contributed by atoms with Crippen molar-refractivity contribution in [3.63, 3.8) is 0 Å². The van der Waals surface area contributed by atoms with Crippen molar-refractivity contribution in [3.05, 3.63) is 11.6 Å². The Morgan fingerprint density at radius 1 is 1.03 bits per heavy atom. The van der Waals surface area contributed by atoms with E-state index < -0.39 is 0 Å². The first-order valence-electron chi connectivity index (χ1n) is 15.5. The molecule has 0 spiro atoms. The minimum Gasteiger partial charge on any atom is -0.353 e. The van der Waals surface area contributed by atoms with E-state index in [1.807, 2.05) is 0 Å². The van der Waals surface area contributed by atoms with Crippen LogP contribution in [0.25, 0.3) is 0 Å². The van der Waals surface area contributed by atoms with E-state index in [4.69, 9.17) is 5.73 Å². The number of unbranched alkanes of at least 4 members (excludes halogenated alkanes) is 3. The summed E-state index contributed by atoms with van der Waals surface area (Å²) in [4.78, 5) is 12.5. The van der Waals surface area contributed by atoms with E-state index in [9.17, 15) is 4.79 Å². The molecule has 4 aliphatic rings. The Bertz CT molecular complexity index is 744. The predicted molar refractivity (Wildman–Crippen MR) is 148 cm³/mol. The second-order valence-corrected chi connectivity index (χ2v) is 13.9. The molecule has 3 unspecified atom stereocenters. The largest absolute Gasteiger partial charge is 0.353 e. The number of nitrogens with one attached hydrogen (secondary N) is 1. The van der Waals surface area contributed by atoms with E-state index in [2.05, 4.69) is 39.1 Å². The molecular formula is C32H56N2O. The fourth-order valence-corrected chi connectivity index (χ4v) is 9.22. The standard InChI is InChI=1S/C32H56N2O/c1-23(2)10-7-8-11-24-14-16-28-27-15-13-25-22-26(34-30(35)12-6-5-9-21-33)17-19-32(25,4)29(27)18-20-31(24,28)3/h13,23-24,26-29H,5-12,14-22,33H2,1-4H3,(H,34,35)/t24-,26-,27?,28?,29?,31+,32-/m0/s1. The molecule has 3 N–H and O–H groups in total. The lowest BCUT2D eigenvalue weighted by Gasteiger charge is -2.58. The van der Waals surface area contributed by atoms with Gasteiger partial charge in [-0.15, -0.1) is 0 Å². The van der Waals surface area contributed by atoms with Gasteiger partial charge in [0.05, 0.1) is 0 Å². The maximum atomic E-state index is 12.5. The first-order chi connectivity index (χ1) is 16.8. The highest BCUT2D eigenvalue weighted by Crippen LogP contribution is 2.66. The Morgan fingerprint density at radius 3 is 2.63 bits per heavy atom. The van der Waals surface area contributed by atoms with Gasteiger partial charge in [0.15, 0.2) is 0 Å². The van der Waals surface area contributed by atoms with Crippen LogP contribution in [0.3, 0.4) is 0 Å². The first kappa shape index (κ1) is 27.2. The molecule has 3 saturated carbocycles. The molecule has 0 aromatic rings. The predicted octanol–water partition coefficient (Wildman–Crippen LogP) is 7.79. The van der Waals surface area contributed by atoms with Gasteiger partial charge >= 0.3 is 0 Å². The van der Waals surface area contributed by atoms with Crippen molar-refractivity contribution in [2.45, 2.75) is 136 Å². The average Bonchev–Trinajstić information content (AvgIpc) is 3.16. The smallest absolute Gasteiger partial charge is 0.220 e. The molecule has 4 rings (SSSR count). The van der Waals surface area contributed by atoms with Crippen LogP contribution < -0.4 is 11.1 Å². The lowest BCUT2D eigenvalue weighted by molar-refractivity contribution is -0.122. The van der Waals surface area contributed by atoms with Gasteiger partial charge in [-0.25, -0.2) is 0 Å². The summed E-state index contributed by atoms with van der Waals surface area (Å²) in [7, 11) is 0. The van der Waals surface area contributed by atoms with Gasteiger partial charge in [0.25, 0.3) is 0 Å². The zero-order valence-electron chi connectivity index (χ0n) is 23.5. The molecule has 0 heterocycles. The zero-order valence-corrected chi connectivity index (χ0v) is 23.5. The number of nitrogens with two attached hydrogens (primary N) is 1. The summed E-state index contributed by atoms with van der Waals surface area (Å²) < 4.78 is 0. The van der Waals surface area contributed by atoms with Crippen LogP contribution in [0.1, 0.15) is 130 Å². The Kier molecular flexibility index (Phi) is 9.10. The molecule has 3 fully saturated rings. The highest BCUT2D eigenvalue weighted by Gasteiger charge is 2.58. The maximum Gasteiger partial charge on any atom is 0.220 e. The van der Waals surface area contributed by atoms with Crippen LogP contribution in [0.15, 0.2) is 11.6 Å². The molecule has 1 amide bonds. The third-order valence-electron chi connectivity index (χ3n) is 11.4. The van der Waals surface area contributed by atoms with Crippen LogP contribution in [0.4, 0.5) is 0 Å². The van der Waals surface area contributed by atoms with Gasteiger partial charge in [0, 0.05) is 12.5 Å². The third kappa shape index (κ3) is 5.86. The SMILES string of the molecule is CC(C)CCCC[C@H]1CCC2C3CC=C4C[C@@H](NC(=O)CCCCCN)CC[C@]4(C)C3CC[C@@]21C. The number of hydrogen-bond acceptors (Lipinski definition) is 2. The minimum absolute atomic E-state index is 0.253. The fourth-order valence-electron chi connectivity index (χ4n) is 9.22. The Morgan fingerprint density at radius 2 is 1.86 bits per heavy atom. The second kappa shape index (κ2) is 11.7. The summed E-state index contributed by atoms with van der Waals surface area (Å²) in [6, 6.07) is 0.350. The maximum absolute atomic E-state index is 12.5. The van der Waals surface area contributed by atoms with Crippen LogP contribution >= 0.6 is 0 Å². The number of allylic oxidation sites excluding steroid dienone is 1. The molecule has 0 saturated heterocycles. The molecule has 3 nitrogen and oxygen atoms in total. The second-order valence-electron chi connectivity index (χ2n) is 13.9. The van der Waals surface area contributed by atoms with Crippen molar-refractivity contribution >= 4 is 5.91 Å². The molecule has 35 heavy (non-hydrogen) atoms. The fraction of sp³-hybridized carbons (Fsp3) is 0.906. The van der Waals surface area contributed by atoms with Crippen molar-refractivity contribution in [2.75, 3.05) is 6.54 Å². The third-order valence-corrected chi connectivity index (χ3v) is 11.4. The quantitative estimate of drug-likeness (QED) is 0.232. The van der Waals surface area contributed by atoms with Crippen LogP contribution in [0.5, 0.6) is 0 Å². The molecule has 0 bridgehead atoms. The van der Waals surface area contributed by atoms with Crippen molar-refractivity contribution in [1.29, 1.82) is 0 Å². The van der Waals surface area contributed by atoms with E-state index in [1.54, 1.807) is 5.57 Å². The number of amides is 1. The highest BCUT2D eigenvalue weighted by molar-refractivity contribution is 5.76. The Labute approximate surface area is 216 Å². The molecule has 0 aromatic heterocycles. The zero-order chi connectivity index (χ0) is 25.1. The van der Waals surface area contributed by atoms with Crippen LogP contribution in [0.2, 0.25) is 0 Å². The van der Waals surface area contributed by atoms with Gasteiger partial charge in [0.2, 0.25) is 5.91 Å². The Hall–Kier alpha value is -0.830. The van der Waals surface area contributed by atoms with Gasteiger partial charge in [-0.3, -0.25) is 4.79 Å². The van der Waals surface area contributed by atoms with Crippen molar-refractivity contribution in [2.24, 2.45) is 46.2 Å². The Balaban J connectivity index is 1.34. The minimum atomic E-state index is 0.253. The number of rotatable bonds is 11. The van der Waals surface area contributed by atoms with Crippen molar-refractivity contribution < 1.29 is 4.79 Å². The van der Waals surface area contributed by atoms with E-state index in [1.165, 1.54) is 64.2 Å². The molecular weight excluding hydrogens is 428 g/mol. The summed E-state index contributed by atoms with van der Waals surface area (Å²) in [6.45, 7) is 10.8. The van der Waals surface area contributed by atoms with E-state index in [0.29, 0.717) is 23.3 Å². The van der Waals surface area contributed by atoms with Gasteiger partial charge in [0.1, 0.15) is 0 Å². The molecule has 7 atom stereocenters. The van der Waals surface area contributed by atoms with E-state index >= 15 is 0 Å². The molecule has 4 aliphatic carbocycles. The number of fused-ring (bicyclic) bond motifs is 5.